The van der Waals surface area contributed by atoms with Gasteiger partial charge in [-0.3, -0.25) is 27.3 Å². The molecule has 3 aliphatic heterocycles. The minimum absolute atomic E-state index is 0.0543. The number of nitrogens with zero attached hydrogens (tertiary/aromatic N) is 8. The van der Waals surface area contributed by atoms with E-state index in [-0.39, 0.29) is 34.0 Å². The fourth-order valence-electron chi connectivity index (χ4n) is 5.23. The molecule has 3 fully saturated rings. The van der Waals surface area contributed by atoms with Gasteiger partial charge in [0.05, 0.1) is 25.3 Å². The minimum atomic E-state index is -4.99. The zero-order valence-electron chi connectivity index (χ0n) is 22.2. The molecule has 3 aliphatic rings. The molecule has 0 amide bonds. The molecule has 0 aliphatic carbocycles. The fourth-order valence-corrected chi connectivity index (χ4v) is 7.21. The van der Waals surface area contributed by atoms with Crippen LogP contribution in [0.25, 0.3) is 22.3 Å². The van der Waals surface area contributed by atoms with E-state index in [1.165, 1.54) is 28.1 Å². The van der Waals surface area contributed by atoms with E-state index in [2.05, 4.69) is 29.9 Å². The lowest BCUT2D eigenvalue weighted by Gasteiger charge is -2.28. The topological polar surface area (TPSA) is 315 Å². The van der Waals surface area contributed by atoms with Gasteiger partial charge in [0.2, 0.25) is 0 Å². The minimum Gasteiger partial charge on any atom is -0.385 e. The Morgan fingerprint density at radius 1 is 0.841 bits per heavy atom. The molecule has 24 heteroatoms. The lowest BCUT2D eigenvalue weighted by Crippen LogP contribution is -2.42. The normalized spacial score (nSPS) is 38.3. The van der Waals surface area contributed by atoms with Crippen molar-refractivity contribution in [3.8, 4) is 0 Å². The molecule has 4 unspecified atom stereocenters. The SMILES string of the molecule is Nc1ncnc2c1ncn2[C@@H]1O[C@@H]2COP(=O)(O)OC3[C@@H](OCP(=O)(O)OC2[C@@H]1N)O[C@@H](n1cnc2c(N)ncnc21)[C@H]3O. The Kier molecular flexibility index (Phi) is 7.16. The van der Waals surface area contributed by atoms with E-state index in [1.807, 2.05) is 0 Å². The predicted molar refractivity (Wildman–Crippen MR) is 143 cm³/mol. The molecule has 7 heterocycles. The molecule has 4 aromatic rings. The summed E-state index contributed by atoms with van der Waals surface area (Å²) < 4.78 is 62.2. The second kappa shape index (κ2) is 10.7. The smallest absolute Gasteiger partial charge is 0.385 e. The van der Waals surface area contributed by atoms with Crippen LogP contribution in [-0.2, 0) is 36.9 Å². The van der Waals surface area contributed by atoms with Crippen LogP contribution in [0, 0.1) is 0 Å². The highest BCUT2D eigenvalue weighted by atomic mass is 31.2. The number of aliphatic hydroxyl groups is 1. The number of nitrogens with two attached hydrogens (primary N) is 3. The summed E-state index contributed by atoms with van der Waals surface area (Å²) in [7, 11) is -9.63. The molecule has 22 nitrogen and oxygen atoms in total. The number of anilines is 2. The molecular weight excluding hydrogens is 632 g/mol. The number of rotatable bonds is 2. The first-order valence-electron chi connectivity index (χ1n) is 12.8. The number of nitrogen functional groups attached to an aromatic ring is 2. The highest BCUT2D eigenvalue weighted by Crippen LogP contribution is 2.53. The van der Waals surface area contributed by atoms with Gasteiger partial charge in [-0.25, -0.2) is 34.5 Å². The first-order chi connectivity index (χ1) is 20.9. The van der Waals surface area contributed by atoms with Crippen LogP contribution in [-0.4, -0.2) is 104 Å². The summed E-state index contributed by atoms with van der Waals surface area (Å²) in [6, 6.07) is -1.15. The second-order valence-electron chi connectivity index (χ2n) is 10.0. The maximum Gasteiger partial charge on any atom is 0.472 e. The number of ether oxygens (including phenoxy) is 3. The third-order valence-electron chi connectivity index (χ3n) is 7.23. The Balaban J connectivity index is 1.17. The molecule has 7 rings (SSSR count). The number of aromatic nitrogens is 8. The molecule has 0 radical (unpaired) electrons. The zero-order valence-corrected chi connectivity index (χ0v) is 23.9. The van der Waals surface area contributed by atoms with Gasteiger partial charge >= 0.3 is 15.4 Å². The number of phosphoric acid groups is 1. The Hall–Kier alpha value is -3.24. The van der Waals surface area contributed by atoms with Crippen LogP contribution in [0.2, 0.25) is 0 Å². The third kappa shape index (κ3) is 5.04. The van der Waals surface area contributed by atoms with E-state index in [0.717, 1.165) is 6.33 Å². The van der Waals surface area contributed by atoms with Crippen molar-refractivity contribution in [2.45, 2.75) is 49.2 Å². The summed E-state index contributed by atoms with van der Waals surface area (Å²) in [5.74, 6) is 0.149. The summed E-state index contributed by atoms with van der Waals surface area (Å²) >= 11 is 0. The largest absolute Gasteiger partial charge is 0.472 e. The van der Waals surface area contributed by atoms with Crippen molar-refractivity contribution >= 4 is 49.4 Å². The van der Waals surface area contributed by atoms with Gasteiger partial charge in [-0.05, 0) is 0 Å². The van der Waals surface area contributed by atoms with Crippen LogP contribution < -0.4 is 17.2 Å². The first-order valence-corrected chi connectivity index (χ1v) is 16.1. The summed E-state index contributed by atoms with van der Waals surface area (Å²) in [4.78, 5) is 45.6. The number of hydrogen-bond donors (Lipinski definition) is 6. The van der Waals surface area contributed by atoms with Crippen molar-refractivity contribution in [3.63, 3.8) is 0 Å². The Labute approximate surface area is 245 Å². The van der Waals surface area contributed by atoms with E-state index in [9.17, 15) is 24.0 Å². The van der Waals surface area contributed by atoms with Gasteiger partial charge < -0.3 is 46.3 Å². The second-order valence-corrected chi connectivity index (χ2v) is 13.2. The van der Waals surface area contributed by atoms with Crippen molar-refractivity contribution in [2.75, 3.05) is 24.4 Å². The van der Waals surface area contributed by atoms with Gasteiger partial charge in [-0.1, -0.05) is 0 Å². The van der Waals surface area contributed by atoms with Crippen molar-refractivity contribution in [1.29, 1.82) is 0 Å². The Morgan fingerprint density at radius 2 is 1.45 bits per heavy atom. The van der Waals surface area contributed by atoms with E-state index < -0.39 is 77.6 Å². The average Bonchev–Trinajstić information content (AvgIpc) is 3.73. The molecular formula is C20H25N11O11P2. The molecule has 44 heavy (non-hydrogen) atoms. The molecule has 3 saturated heterocycles. The monoisotopic (exact) mass is 657 g/mol. The van der Waals surface area contributed by atoms with Crippen LogP contribution in [0.4, 0.5) is 11.6 Å². The number of imidazole rings is 2. The highest BCUT2D eigenvalue weighted by Gasteiger charge is 2.53. The summed E-state index contributed by atoms with van der Waals surface area (Å²) in [6.45, 7) is -0.687. The maximum absolute atomic E-state index is 13.2. The van der Waals surface area contributed by atoms with Crippen molar-refractivity contribution < 1.29 is 51.8 Å². The first kappa shape index (κ1) is 29.5. The predicted octanol–water partition coefficient (Wildman–Crippen LogP) is -1.67. The summed E-state index contributed by atoms with van der Waals surface area (Å²) in [5, 5.41) is 11.1. The number of aliphatic hydroxyl groups excluding tert-OH is 1. The standard InChI is InChI=1S/C20H25N11O11P2/c21-8-12-7(39-18(8)30-4-28-9-14(22)24-2-26-16(9)30)1-38-44(35,36)42-13-11(32)19(40-20(13)37-6-43(33,34)41-12)31-5-29-10-15(23)25-3-27-17(10)31/h2-5,7-8,11-13,18-20,32H,1,6,21H2,(H,33,34)(H,35,36)(H2,22,24,26)(H2,23,25,27)/t7-,8+,11+,12?,13?,18-,19-,20+/m1/s1. The van der Waals surface area contributed by atoms with Gasteiger partial charge in [0.25, 0.3) is 0 Å². The van der Waals surface area contributed by atoms with Crippen LogP contribution >= 0.6 is 15.4 Å². The van der Waals surface area contributed by atoms with Crippen LogP contribution in [0.1, 0.15) is 12.5 Å². The molecule has 9 N–H and O–H groups in total. The zero-order chi connectivity index (χ0) is 31.0. The van der Waals surface area contributed by atoms with Crippen molar-refractivity contribution in [1.82, 2.24) is 39.0 Å². The van der Waals surface area contributed by atoms with Crippen LogP contribution in [0.5, 0.6) is 0 Å². The van der Waals surface area contributed by atoms with Crippen LogP contribution in [0.15, 0.2) is 25.3 Å². The Bertz CT molecular complexity index is 1690. The van der Waals surface area contributed by atoms with Gasteiger partial charge in [0.15, 0.2) is 54.1 Å². The van der Waals surface area contributed by atoms with Gasteiger partial charge in [0.1, 0.15) is 42.0 Å². The lowest BCUT2D eigenvalue weighted by atomic mass is 10.1. The third-order valence-corrected chi connectivity index (χ3v) is 9.26. The van der Waals surface area contributed by atoms with E-state index in [4.69, 9.17) is 45.0 Å². The van der Waals surface area contributed by atoms with Gasteiger partial charge in [-0.15, -0.1) is 0 Å². The van der Waals surface area contributed by atoms with Gasteiger partial charge in [0, 0.05) is 0 Å². The number of phosphoric ester groups is 1. The molecule has 0 aromatic carbocycles. The number of hydrogen-bond acceptors (Lipinski definition) is 18. The number of fused-ring (bicyclic) bond motifs is 4. The maximum atomic E-state index is 13.2. The quantitative estimate of drug-likeness (QED) is 0.131. The molecule has 10 atom stereocenters. The van der Waals surface area contributed by atoms with Gasteiger partial charge in [-0.2, -0.15) is 0 Å². The molecule has 0 spiro atoms. The average molecular weight is 657 g/mol. The van der Waals surface area contributed by atoms with E-state index in [1.54, 1.807) is 0 Å². The van der Waals surface area contributed by atoms with Crippen molar-refractivity contribution in [2.24, 2.45) is 5.73 Å². The molecule has 4 aromatic heterocycles. The summed E-state index contributed by atoms with van der Waals surface area (Å²) in [5.41, 5.74) is 19.0. The fraction of sp³-hybridized carbons (Fsp3) is 0.500. The highest BCUT2D eigenvalue weighted by molar-refractivity contribution is 7.52. The molecule has 236 valence electrons. The van der Waals surface area contributed by atoms with E-state index in [0.29, 0.717) is 0 Å². The summed E-state index contributed by atoms with van der Waals surface area (Å²) in [6.07, 6.45) is -6.21. The molecule has 0 saturated carbocycles. The van der Waals surface area contributed by atoms with E-state index >= 15 is 0 Å². The van der Waals surface area contributed by atoms with Crippen LogP contribution in [0.3, 0.4) is 0 Å². The molecule has 0 bridgehead atoms. The Morgan fingerprint density at radius 3 is 2.09 bits per heavy atom. The van der Waals surface area contributed by atoms with Crippen molar-refractivity contribution in [3.05, 3.63) is 25.3 Å². The lowest BCUT2D eigenvalue weighted by molar-refractivity contribution is -0.168.